The summed E-state index contributed by atoms with van der Waals surface area (Å²) in [5.74, 6) is 0. The lowest BCUT2D eigenvalue weighted by Crippen LogP contribution is -2.76. The Morgan fingerprint density at radius 3 is 1.15 bits per heavy atom. The predicted octanol–water partition coefficient (Wildman–Crippen LogP) is 3.23. The van der Waals surface area contributed by atoms with E-state index in [1.54, 1.807) is 28.4 Å². The maximum absolute atomic E-state index is 7.08. The van der Waals surface area contributed by atoms with Gasteiger partial charge >= 0.3 is 26.2 Å². The Bertz CT molecular complexity index is 756. The molecule has 184 valence electrons. The summed E-state index contributed by atoms with van der Waals surface area (Å²) < 4.78 is 38.1. The fourth-order valence-electron chi connectivity index (χ4n) is 3.65. The van der Waals surface area contributed by atoms with Gasteiger partial charge in [0.2, 0.25) is 0 Å². The largest absolute Gasteiger partial charge is 0.505 e. The number of rotatable bonds is 14. The molecule has 0 heterocycles. The molecule has 0 N–H and O–H groups in total. The van der Waals surface area contributed by atoms with E-state index in [1.807, 2.05) is 74.5 Å². The molecule has 2 unspecified atom stereocenters. The molecule has 0 amide bonds. The molecular formula is C22H36O6S2Si3. The van der Waals surface area contributed by atoms with Crippen LogP contribution in [0.15, 0.2) is 60.7 Å². The van der Waals surface area contributed by atoms with Gasteiger partial charge in [-0.25, -0.2) is 0 Å². The highest BCUT2D eigenvalue weighted by Gasteiger charge is 2.61. The Morgan fingerprint density at radius 1 is 0.606 bits per heavy atom. The van der Waals surface area contributed by atoms with E-state index in [-0.39, 0.29) is 9.75 Å². The standard InChI is InChI=1S/C22H36O6S2Si3/c1-7-21(29)32(23-3,24-4)27-31(19-15-11-9-12-16-19,20-17-13-10-14-18-20)28-33(25-5,26-6)22(30)8-2/h9-18,21-22,29-30H,7-8H2,1-6H3. The summed E-state index contributed by atoms with van der Waals surface area (Å²) in [5, 5.41) is 1.78. The summed E-state index contributed by atoms with van der Waals surface area (Å²) in [5.41, 5.74) is 0. The van der Waals surface area contributed by atoms with E-state index in [2.05, 4.69) is 0 Å². The molecule has 11 heteroatoms. The van der Waals surface area contributed by atoms with Gasteiger partial charge < -0.3 is 25.9 Å². The van der Waals surface area contributed by atoms with Crippen molar-refractivity contribution < 1.29 is 25.9 Å². The van der Waals surface area contributed by atoms with Crippen LogP contribution in [0.1, 0.15) is 26.7 Å². The van der Waals surface area contributed by atoms with Crippen molar-refractivity contribution in [3.05, 3.63) is 60.7 Å². The van der Waals surface area contributed by atoms with E-state index in [4.69, 9.17) is 51.2 Å². The van der Waals surface area contributed by atoms with Crippen molar-refractivity contribution in [2.24, 2.45) is 0 Å². The normalized spacial score (nSPS) is 14.8. The van der Waals surface area contributed by atoms with Crippen LogP contribution in [-0.2, 0) is 25.9 Å². The maximum atomic E-state index is 7.08. The van der Waals surface area contributed by atoms with Crippen molar-refractivity contribution in [3.63, 3.8) is 0 Å². The third-order valence-electron chi connectivity index (χ3n) is 5.61. The quantitative estimate of drug-likeness (QED) is 0.281. The minimum Gasteiger partial charge on any atom is -0.386 e. The molecule has 2 aromatic carbocycles. The fraction of sp³-hybridized carbons (Fsp3) is 0.455. The molecule has 2 aromatic rings. The third-order valence-corrected chi connectivity index (χ3v) is 19.7. The first-order valence-electron chi connectivity index (χ1n) is 10.9. The number of hydrogen-bond acceptors (Lipinski definition) is 8. The Balaban J connectivity index is 2.88. The zero-order valence-electron chi connectivity index (χ0n) is 20.2. The highest BCUT2D eigenvalue weighted by Crippen LogP contribution is 2.30. The van der Waals surface area contributed by atoms with Gasteiger partial charge in [-0.3, -0.25) is 0 Å². The zero-order chi connectivity index (χ0) is 24.5. The van der Waals surface area contributed by atoms with Crippen LogP contribution in [0.4, 0.5) is 0 Å². The van der Waals surface area contributed by atoms with Crippen molar-refractivity contribution in [2.75, 3.05) is 28.4 Å². The highest BCUT2D eigenvalue weighted by atomic mass is 32.1. The lowest BCUT2D eigenvalue weighted by Gasteiger charge is -2.44. The molecule has 0 aliphatic rings. The molecule has 0 saturated carbocycles. The smallest absolute Gasteiger partial charge is 0.386 e. The van der Waals surface area contributed by atoms with Crippen LogP contribution in [-0.4, -0.2) is 64.4 Å². The van der Waals surface area contributed by atoms with Gasteiger partial charge in [0.15, 0.2) is 0 Å². The van der Waals surface area contributed by atoms with Crippen LogP contribution < -0.4 is 10.4 Å². The van der Waals surface area contributed by atoms with Crippen molar-refractivity contribution in [1.82, 2.24) is 0 Å². The van der Waals surface area contributed by atoms with E-state index in [0.29, 0.717) is 12.8 Å². The van der Waals surface area contributed by atoms with Gasteiger partial charge in [-0.05, 0) is 23.2 Å². The van der Waals surface area contributed by atoms with Gasteiger partial charge in [-0.1, -0.05) is 74.5 Å². The molecule has 6 nitrogen and oxygen atoms in total. The van der Waals surface area contributed by atoms with E-state index >= 15 is 0 Å². The molecule has 2 rings (SSSR count). The van der Waals surface area contributed by atoms with Crippen LogP contribution in [0, 0.1) is 0 Å². The lowest BCUT2D eigenvalue weighted by atomic mass is 10.4. The molecule has 0 aliphatic carbocycles. The molecule has 0 fully saturated rings. The van der Waals surface area contributed by atoms with E-state index in [1.165, 1.54) is 0 Å². The van der Waals surface area contributed by atoms with E-state index in [9.17, 15) is 0 Å². The first kappa shape index (κ1) is 28.8. The average Bonchev–Trinajstić information content (AvgIpc) is 2.89. The topological polar surface area (TPSA) is 55.4 Å². The second kappa shape index (κ2) is 13.0. The molecule has 0 aromatic heterocycles. The van der Waals surface area contributed by atoms with Crippen molar-refractivity contribution >= 4 is 61.8 Å². The van der Waals surface area contributed by atoms with Crippen molar-refractivity contribution in [1.29, 1.82) is 0 Å². The van der Waals surface area contributed by atoms with Gasteiger partial charge in [0.25, 0.3) is 0 Å². The Hall–Kier alpha value is -0.449. The van der Waals surface area contributed by atoms with E-state index in [0.717, 1.165) is 10.4 Å². The van der Waals surface area contributed by atoms with Crippen LogP contribution in [0.2, 0.25) is 0 Å². The summed E-state index contributed by atoms with van der Waals surface area (Å²) in [6.07, 6.45) is 1.40. The summed E-state index contributed by atoms with van der Waals surface area (Å²) in [7, 11) is -3.77. The first-order chi connectivity index (χ1) is 15.8. The van der Waals surface area contributed by atoms with Gasteiger partial charge in [-0.15, -0.1) is 0 Å². The summed E-state index contributed by atoms with van der Waals surface area (Å²) >= 11 is 9.62. The monoisotopic (exact) mass is 544 g/mol. The minimum atomic E-state index is -3.53. The van der Waals surface area contributed by atoms with Crippen molar-refractivity contribution in [2.45, 2.75) is 36.4 Å². The first-order valence-corrected chi connectivity index (χ1v) is 17.4. The lowest BCUT2D eigenvalue weighted by molar-refractivity contribution is 0.118. The van der Waals surface area contributed by atoms with Crippen LogP contribution in [0.3, 0.4) is 0 Å². The van der Waals surface area contributed by atoms with E-state index < -0.39 is 26.2 Å². The summed E-state index contributed by atoms with van der Waals surface area (Å²) in [6.45, 7) is 4.06. The molecule has 0 saturated heterocycles. The van der Waals surface area contributed by atoms with Gasteiger partial charge in [0.05, 0.1) is 9.75 Å². The second-order valence-corrected chi connectivity index (χ2v) is 19.1. The highest BCUT2D eigenvalue weighted by molar-refractivity contribution is 7.83. The van der Waals surface area contributed by atoms with Gasteiger partial charge in [0, 0.05) is 28.4 Å². The SMILES string of the molecule is CCC(S)[Si](OC)(OC)O[Si](O[Si](OC)(OC)C(S)CC)(c1ccccc1)c1ccccc1. The molecule has 0 bridgehead atoms. The van der Waals surface area contributed by atoms with Crippen molar-refractivity contribution in [3.8, 4) is 0 Å². The minimum absolute atomic E-state index is 0.255. The van der Waals surface area contributed by atoms with Gasteiger partial charge in [0.1, 0.15) is 0 Å². The fourth-order valence-corrected chi connectivity index (χ4v) is 17.9. The Morgan fingerprint density at radius 2 is 0.909 bits per heavy atom. The number of hydrogen-bond donors (Lipinski definition) is 2. The molecule has 0 radical (unpaired) electrons. The molecule has 0 spiro atoms. The molecule has 33 heavy (non-hydrogen) atoms. The molecule has 2 atom stereocenters. The summed E-state index contributed by atoms with van der Waals surface area (Å²) in [4.78, 5) is -0.510. The van der Waals surface area contributed by atoms with Gasteiger partial charge in [-0.2, -0.15) is 25.3 Å². The zero-order valence-corrected chi connectivity index (χ0v) is 25.0. The Labute approximate surface area is 212 Å². The second-order valence-electron chi connectivity index (χ2n) is 7.42. The predicted molar refractivity (Wildman–Crippen MR) is 146 cm³/mol. The molecular weight excluding hydrogens is 509 g/mol. The van der Waals surface area contributed by atoms with Crippen LogP contribution in [0.5, 0.6) is 0 Å². The Kier molecular flexibility index (Phi) is 11.4. The third kappa shape index (κ3) is 6.04. The van der Waals surface area contributed by atoms with Crippen LogP contribution >= 0.6 is 25.3 Å². The number of benzene rings is 2. The van der Waals surface area contributed by atoms with Crippen LogP contribution in [0.25, 0.3) is 0 Å². The molecule has 0 aliphatic heterocycles. The average molecular weight is 545 g/mol. The summed E-state index contributed by atoms with van der Waals surface area (Å²) in [6, 6.07) is 19.8. The number of thiol groups is 2. The maximum Gasteiger partial charge on any atom is 0.505 e.